The van der Waals surface area contributed by atoms with Gasteiger partial charge in [0.2, 0.25) is 0 Å². The minimum Gasteiger partial charge on any atom is -0.396 e. The Morgan fingerprint density at radius 2 is 1.96 bits per heavy atom. The second kappa shape index (κ2) is 5.56. The zero-order valence-electron chi connectivity index (χ0n) is 15.5. The second-order valence-electron chi connectivity index (χ2n) is 9.37. The smallest absolute Gasteiger partial charge is 0.155 e. The van der Waals surface area contributed by atoms with Crippen molar-refractivity contribution in [2.75, 3.05) is 6.61 Å². The molecule has 0 unspecified atom stereocenters. The lowest BCUT2D eigenvalue weighted by molar-refractivity contribution is -0.115. The molecule has 2 heteroatoms. The van der Waals surface area contributed by atoms with Crippen molar-refractivity contribution >= 4 is 5.78 Å². The number of allylic oxidation sites excluding steroid dienone is 4. The van der Waals surface area contributed by atoms with Crippen molar-refractivity contribution < 1.29 is 9.90 Å². The Morgan fingerprint density at radius 1 is 1.17 bits per heavy atom. The first kappa shape index (κ1) is 16.6. The highest BCUT2D eigenvalue weighted by atomic mass is 16.3. The normalized spacial score (nSPS) is 43.0. The van der Waals surface area contributed by atoms with Gasteiger partial charge in [-0.15, -0.1) is 0 Å². The highest BCUT2D eigenvalue weighted by Gasteiger charge is 2.54. The van der Waals surface area contributed by atoms with Gasteiger partial charge >= 0.3 is 0 Å². The summed E-state index contributed by atoms with van der Waals surface area (Å²) in [6.45, 7) is 7.47. The van der Waals surface area contributed by atoms with E-state index in [1.54, 1.807) is 11.1 Å². The van der Waals surface area contributed by atoms with E-state index < -0.39 is 0 Å². The van der Waals surface area contributed by atoms with Crippen LogP contribution in [0.15, 0.2) is 22.8 Å². The van der Waals surface area contributed by atoms with Gasteiger partial charge in [0, 0.05) is 18.4 Å². The van der Waals surface area contributed by atoms with Gasteiger partial charge in [0.15, 0.2) is 5.78 Å². The summed E-state index contributed by atoms with van der Waals surface area (Å²) in [5.74, 6) is 2.14. The third-order valence-electron chi connectivity index (χ3n) is 8.35. The standard InChI is InChI=1S/C22H32O2/c1-14(13-23)18-6-7-19-17-5-4-15-12-16(24)8-10-21(15,2)20(17)9-11-22(18,19)3/h12,14,18-19,23H,4-11,13H2,1-3H3/t14-,18-,19+,21+,22-/m1/s1. The van der Waals surface area contributed by atoms with Crippen LogP contribution < -0.4 is 0 Å². The van der Waals surface area contributed by atoms with E-state index in [9.17, 15) is 9.90 Å². The fourth-order valence-electron chi connectivity index (χ4n) is 6.90. The van der Waals surface area contributed by atoms with Crippen LogP contribution in [0.4, 0.5) is 0 Å². The number of fused-ring (bicyclic) bond motifs is 4. The quantitative estimate of drug-likeness (QED) is 0.737. The minimum absolute atomic E-state index is 0.170. The van der Waals surface area contributed by atoms with Crippen LogP contribution in [0.1, 0.15) is 72.1 Å². The van der Waals surface area contributed by atoms with Crippen molar-refractivity contribution in [2.45, 2.75) is 72.1 Å². The van der Waals surface area contributed by atoms with E-state index in [0.717, 1.165) is 25.2 Å². The molecule has 4 aliphatic rings. The molecule has 2 nitrogen and oxygen atoms in total. The van der Waals surface area contributed by atoms with Crippen LogP contribution in [0.3, 0.4) is 0 Å². The van der Waals surface area contributed by atoms with E-state index in [1.165, 1.54) is 37.7 Å². The molecule has 0 aliphatic heterocycles. The first-order valence-corrected chi connectivity index (χ1v) is 9.97. The number of carbonyl (C=O) groups excluding carboxylic acids is 1. The second-order valence-corrected chi connectivity index (χ2v) is 9.37. The van der Waals surface area contributed by atoms with Gasteiger partial charge in [-0.25, -0.2) is 0 Å². The first-order valence-electron chi connectivity index (χ1n) is 9.97. The molecule has 1 fully saturated rings. The summed E-state index contributed by atoms with van der Waals surface area (Å²) in [5, 5.41) is 9.70. The molecule has 0 heterocycles. The maximum Gasteiger partial charge on any atom is 0.155 e. The van der Waals surface area contributed by atoms with Crippen molar-refractivity contribution in [2.24, 2.45) is 28.6 Å². The Balaban J connectivity index is 1.73. The molecule has 0 spiro atoms. The maximum atomic E-state index is 11.9. The lowest BCUT2D eigenvalue weighted by Gasteiger charge is -2.52. The molecular formula is C22H32O2. The topological polar surface area (TPSA) is 37.3 Å². The summed E-state index contributed by atoms with van der Waals surface area (Å²) in [7, 11) is 0. The minimum atomic E-state index is 0.170. The average Bonchev–Trinajstić information content (AvgIpc) is 2.92. The fraction of sp³-hybridized carbons (Fsp3) is 0.773. The largest absolute Gasteiger partial charge is 0.396 e. The third-order valence-corrected chi connectivity index (χ3v) is 8.35. The van der Waals surface area contributed by atoms with E-state index >= 15 is 0 Å². The summed E-state index contributed by atoms with van der Waals surface area (Å²) in [6.07, 6.45) is 11.0. The predicted molar refractivity (Wildman–Crippen MR) is 96.5 cm³/mol. The molecular weight excluding hydrogens is 296 g/mol. The van der Waals surface area contributed by atoms with Crippen LogP contribution in [-0.2, 0) is 4.79 Å². The molecule has 0 aromatic heterocycles. The summed E-state index contributed by atoms with van der Waals surface area (Å²) in [6, 6.07) is 0. The molecule has 4 rings (SSSR count). The van der Waals surface area contributed by atoms with Gasteiger partial charge in [-0.3, -0.25) is 4.79 Å². The zero-order valence-corrected chi connectivity index (χ0v) is 15.5. The Kier molecular flexibility index (Phi) is 3.84. The van der Waals surface area contributed by atoms with Crippen LogP contribution in [0.5, 0.6) is 0 Å². The van der Waals surface area contributed by atoms with Gasteiger partial charge in [0.1, 0.15) is 0 Å². The fourth-order valence-corrected chi connectivity index (χ4v) is 6.90. The molecule has 1 N–H and O–H groups in total. The number of aliphatic hydroxyl groups is 1. The molecule has 5 atom stereocenters. The van der Waals surface area contributed by atoms with E-state index in [1.807, 2.05) is 6.08 Å². The SMILES string of the molecule is C[C@H](CO)[C@H]1CC[C@H]2C3=C(CC[C@]12C)[C@@]1(C)CCC(=O)C=C1CC3. The predicted octanol–water partition coefficient (Wildman–Crippen LogP) is 4.83. The highest BCUT2D eigenvalue weighted by Crippen LogP contribution is 2.64. The number of carbonyl (C=O) groups is 1. The molecule has 132 valence electrons. The molecule has 24 heavy (non-hydrogen) atoms. The zero-order chi connectivity index (χ0) is 17.1. The van der Waals surface area contributed by atoms with E-state index in [-0.39, 0.29) is 5.41 Å². The van der Waals surface area contributed by atoms with Crippen molar-refractivity contribution in [3.05, 3.63) is 22.8 Å². The molecule has 0 radical (unpaired) electrons. The molecule has 0 bridgehead atoms. The van der Waals surface area contributed by atoms with Crippen LogP contribution in [0, 0.1) is 28.6 Å². The summed E-state index contributed by atoms with van der Waals surface area (Å²) >= 11 is 0. The molecule has 1 saturated carbocycles. The Bertz CT molecular complexity index is 628. The molecule has 0 saturated heterocycles. The lowest BCUT2D eigenvalue weighted by atomic mass is 9.53. The summed E-state index contributed by atoms with van der Waals surface area (Å²) in [4.78, 5) is 11.9. The van der Waals surface area contributed by atoms with E-state index in [2.05, 4.69) is 20.8 Å². The molecule has 4 aliphatic carbocycles. The Labute approximate surface area is 146 Å². The van der Waals surface area contributed by atoms with Gasteiger partial charge in [0.05, 0.1) is 0 Å². The van der Waals surface area contributed by atoms with Crippen molar-refractivity contribution in [1.82, 2.24) is 0 Å². The lowest BCUT2D eigenvalue weighted by Crippen LogP contribution is -2.42. The van der Waals surface area contributed by atoms with Gasteiger partial charge in [0.25, 0.3) is 0 Å². The summed E-state index contributed by atoms with van der Waals surface area (Å²) < 4.78 is 0. The average molecular weight is 328 g/mol. The van der Waals surface area contributed by atoms with Crippen LogP contribution in [0.25, 0.3) is 0 Å². The third kappa shape index (κ3) is 2.14. The first-order chi connectivity index (χ1) is 11.4. The van der Waals surface area contributed by atoms with Crippen LogP contribution >= 0.6 is 0 Å². The van der Waals surface area contributed by atoms with Crippen LogP contribution in [-0.4, -0.2) is 17.5 Å². The number of ketones is 1. The molecule has 0 aromatic carbocycles. The Morgan fingerprint density at radius 3 is 2.71 bits per heavy atom. The number of hydrogen-bond donors (Lipinski definition) is 1. The van der Waals surface area contributed by atoms with Crippen molar-refractivity contribution in [3.8, 4) is 0 Å². The van der Waals surface area contributed by atoms with Gasteiger partial charge in [-0.1, -0.05) is 37.5 Å². The molecule has 0 amide bonds. The van der Waals surface area contributed by atoms with Crippen LogP contribution in [0.2, 0.25) is 0 Å². The van der Waals surface area contributed by atoms with Crippen molar-refractivity contribution in [1.29, 1.82) is 0 Å². The van der Waals surface area contributed by atoms with Crippen molar-refractivity contribution in [3.63, 3.8) is 0 Å². The number of hydrogen-bond acceptors (Lipinski definition) is 2. The monoisotopic (exact) mass is 328 g/mol. The van der Waals surface area contributed by atoms with E-state index in [4.69, 9.17) is 0 Å². The number of rotatable bonds is 2. The highest BCUT2D eigenvalue weighted by molar-refractivity contribution is 5.92. The Hall–Kier alpha value is -0.890. The van der Waals surface area contributed by atoms with Gasteiger partial charge in [-0.2, -0.15) is 0 Å². The number of aliphatic hydroxyl groups excluding tert-OH is 1. The van der Waals surface area contributed by atoms with Gasteiger partial charge in [-0.05, 0) is 74.2 Å². The maximum absolute atomic E-state index is 11.9. The van der Waals surface area contributed by atoms with E-state index in [0.29, 0.717) is 29.6 Å². The molecule has 0 aromatic rings. The van der Waals surface area contributed by atoms with Gasteiger partial charge < -0.3 is 5.11 Å². The summed E-state index contributed by atoms with van der Waals surface area (Å²) in [5.41, 5.74) is 5.42.